The largest absolute Gasteiger partial charge is 0.460 e. The SMILES string of the molecule is CC=CC=NNC(=O)C(F)(F)C(F)(F)C(F)(F)C(F)(F)C(F)(F)C(F)(F)F. The lowest BCUT2D eigenvalue weighted by Gasteiger charge is -2.38. The predicted molar refractivity (Wildman–Crippen MR) is 62.2 cm³/mol. The second-order valence-electron chi connectivity index (χ2n) is 4.61. The van der Waals surface area contributed by atoms with Crippen LogP contribution >= 0.6 is 0 Å². The summed E-state index contributed by atoms with van der Waals surface area (Å²) in [7, 11) is 0. The molecule has 27 heavy (non-hydrogen) atoms. The van der Waals surface area contributed by atoms with Crippen LogP contribution in [0.5, 0.6) is 0 Å². The van der Waals surface area contributed by atoms with Crippen LogP contribution in [0.2, 0.25) is 0 Å². The van der Waals surface area contributed by atoms with Gasteiger partial charge in [-0.05, 0) is 13.0 Å². The summed E-state index contributed by atoms with van der Waals surface area (Å²) >= 11 is 0. The molecule has 0 radical (unpaired) electrons. The number of carbonyl (C=O) groups is 1. The molecule has 0 fully saturated rings. The molecule has 0 bridgehead atoms. The van der Waals surface area contributed by atoms with Crippen molar-refractivity contribution in [2.24, 2.45) is 5.10 Å². The van der Waals surface area contributed by atoms with Crippen molar-refractivity contribution in [3.63, 3.8) is 0 Å². The summed E-state index contributed by atoms with van der Waals surface area (Å²) in [5.41, 5.74) is 0.518. The smallest absolute Gasteiger partial charge is 0.266 e. The maximum absolute atomic E-state index is 13.2. The molecule has 0 aromatic heterocycles. The molecule has 0 aliphatic heterocycles. The Hall–Kier alpha value is -2.03. The lowest BCUT2D eigenvalue weighted by molar-refractivity contribution is -0.436. The standard InChI is InChI=1S/C11H7F13N2O/c1-2-3-4-25-26-5(27)6(12,13)7(14,15)8(16,17)9(18,19)10(20,21)11(22,23)24/h2-4H,1H3,(H,26,27). The molecular formula is C11H7F13N2O. The van der Waals surface area contributed by atoms with Gasteiger partial charge < -0.3 is 0 Å². The van der Waals surface area contributed by atoms with E-state index < -0.39 is 41.7 Å². The fraction of sp³-hybridized carbons (Fsp3) is 0.636. The third kappa shape index (κ3) is 3.83. The van der Waals surface area contributed by atoms with Gasteiger partial charge in [0.05, 0.1) is 0 Å². The van der Waals surface area contributed by atoms with Gasteiger partial charge in [-0.3, -0.25) is 4.79 Å². The molecule has 0 aliphatic carbocycles. The maximum Gasteiger partial charge on any atom is 0.460 e. The monoisotopic (exact) mass is 430 g/mol. The Labute approximate surface area is 140 Å². The van der Waals surface area contributed by atoms with Gasteiger partial charge in [0.1, 0.15) is 0 Å². The van der Waals surface area contributed by atoms with Crippen LogP contribution in [0.3, 0.4) is 0 Å². The minimum atomic E-state index is -8.06. The van der Waals surface area contributed by atoms with Crippen molar-refractivity contribution in [3.8, 4) is 0 Å². The van der Waals surface area contributed by atoms with E-state index in [0.29, 0.717) is 11.6 Å². The first-order valence-corrected chi connectivity index (χ1v) is 6.14. The Morgan fingerprint density at radius 2 is 1.15 bits per heavy atom. The van der Waals surface area contributed by atoms with Crippen molar-refractivity contribution in [3.05, 3.63) is 12.2 Å². The highest BCUT2D eigenvalue weighted by Gasteiger charge is 2.91. The Bertz CT molecular complexity index is 606. The Balaban J connectivity index is 6.11. The van der Waals surface area contributed by atoms with E-state index in [0.717, 1.165) is 12.2 Å². The number of hydrogen-bond donors (Lipinski definition) is 1. The van der Waals surface area contributed by atoms with E-state index in [9.17, 15) is 61.9 Å². The first-order chi connectivity index (χ1) is 11.7. The highest BCUT2D eigenvalue weighted by atomic mass is 19.4. The van der Waals surface area contributed by atoms with Crippen LogP contribution in [-0.2, 0) is 4.79 Å². The molecule has 0 heterocycles. The molecular weight excluding hydrogens is 423 g/mol. The molecule has 3 nitrogen and oxygen atoms in total. The highest BCUT2D eigenvalue weighted by Crippen LogP contribution is 2.60. The fourth-order valence-corrected chi connectivity index (χ4v) is 1.21. The van der Waals surface area contributed by atoms with Gasteiger partial charge in [0, 0.05) is 6.21 Å². The average molecular weight is 430 g/mol. The molecule has 0 spiro atoms. The summed E-state index contributed by atoms with van der Waals surface area (Å²) in [5, 5.41) is 2.49. The summed E-state index contributed by atoms with van der Waals surface area (Å²) in [6, 6.07) is 0. The highest BCUT2D eigenvalue weighted by molar-refractivity contribution is 5.85. The average Bonchev–Trinajstić information content (AvgIpc) is 2.49. The van der Waals surface area contributed by atoms with Gasteiger partial charge in [-0.1, -0.05) is 6.08 Å². The number of alkyl halides is 13. The van der Waals surface area contributed by atoms with Crippen molar-refractivity contribution < 1.29 is 61.9 Å². The number of nitrogens with one attached hydrogen (secondary N) is 1. The molecule has 1 N–H and O–H groups in total. The number of hydrogen-bond acceptors (Lipinski definition) is 2. The first-order valence-electron chi connectivity index (χ1n) is 6.14. The summed E-state index contributed by atoms with van der Waals surface area (Å²) in [5.74, 6) is -41.9. The number of allylic oxidation sites excluding steroid dienone is 2. The topological polar surface area (TPSA) is 41.5 Å². The predicted octanol–water partition coefficient (Wildman–Crippen LogP) is 4.40. The fourth-order valence-electron chi connectivity index (χ4n) is 1.21. The van der Waals surface area contributed by atoms with E-state index in [-0.39, 0.29) is 0 Å². The van der Waals surface area contributed by atoms with Crippen LogP contribution < -0.4 is 5.43 Å². The quantitative estimate of drug-likeness (QED) is 0.363. The summed E-state index contributed by atoms with van der Waals surface area (Å²) in [6.45, 7) is 1.31. The van der Waals surface area contributed by atoms with E-state index in [1.165, 1.54) is 6.92 Å². The molecule has 1 amide bonds. The lowest BCUT2D eigenvalue weighted by Crippen LogP contribution is -2.71. The number of carbonyl (C=O) groups excluding carboxylic acids is 1. The molecule has 0 atom stereocenters. The van der Waals surface area contributed by atoms with E-state index in [2.05, 4.69) is 5.10 Å². The molecule has 0 aromatic carbocycles. The second-order valence-corrected chi connectivity index (χ2v) is 4.61. The molecule has 158 valence electrons. The minimum absolute atomic E-state index is 0.427. The zero-order valence-corrected chi connectivity index (χ0v) is 12.5. The number of rotatable bonds is 7. The lowest BCUT2D eigenvalue weighted by atomic mass is 9.93. The Morgan fingerprint density at radius 1 is 0.741 bits per heavy atom. The summed E-state index contributed by atoms with van der Waals surface area (Å²) in [6.07, 6.45) is -5.07. The first kappa shape index (κ1) is 25.0. The minimum Gasteiger partial charge on any atom is -0.266 e. The van der Waals surface area contributed by atoms with Gasteiger partial charge in [-0.2, -0.15) is 62.2 Å². The van der Waals surface area contributed by atoms with E-state index in [1.54, 1.807) is 0 Å². The maximum atomic E-state index is 13.2. The molecule has 0 rings (SSSR count). The van der Waals surface area contributed by atoms with Crippen LogP contribution in [0.1, 0.15) is 6.92 Å². The molecule has 0 aromatic rings. The van der Waals surface area contributed by atoms with E-state index in [1.807, 2.05) is 0 Å². The summed E-state index contributed by atoms with van der Waals surface area (Å²) < 4.78 is 166. The normalized spacial score (nSPS) is 15.6. The molecule has 16 heteroatoms. The van der Waals surface area contributed by atoms with E-state index >= 15 is 0 Å². The van der Waals surface area contributed by atoms with Gasteiger partial charge >= 0.3 is 41.7 Å². The van der Waals surface area contributed by atoms with Crippen LogP contribution in [0.4, 0.5) is 57.1 Å². The number of hydrazone groups is 1. The molecule has 0 saturated carbocycles. The number of amides is 1. The molecule has 0 aliphatic rings. The van der Waals surface area contributed by atoms with Gasteiger partial charge in [0.2, 0.25) is 0 Å². The molecule has 0 unspecified atom stereocenters. The van der Waals surface area contributed by atoms with Crippen LogP contribution in [-0.4, -0.2) is 47.9 Å². The van der Waals surface area contributed by atoms with Crippen LogP contribution in [0.15, 0.2) is 17.3 Å². The second kappa shape index (κ2) is 7.18. The van der Waals surface area contributed by atoms with Gasteiger partial charge in [0.15, 0.2) is 0 Å². The van der Waals surface area contributed by atoms with Gasteiger partial charge in [-0.25, -0.2) is 5.43 Å². The zero-order valence-electron chi connectivity index (χ0n) is 12.5. The van der Waals surface area contributed by atoms with Crippen molar-refractivity contribution in [2.45, 2.75) is 42.7 Å². The van der Waals surface area contributed by atoms with Crippen molar-refractivity contribution in [1.82, 2.24) is 5.43 Å². The number of halogens is 13. The van der Waals surface area contributed by atoms with Gasteiger partial charge in [-0.15, -0.1) is 0 Å². The number of nitrogens with zero attached hydrogens (tertiary/aromatic N) is 1. The van der Waals surface area contributed by atoms with Gasteiger partial charge in [0.25, 0.3) is 0 Å². The van der Waals surface area contributed by atoms with Crippen LogP contribution in [0, 0.1) is 0 Å². The van der Waals surface area contributed by atoms with Crippen LogP contribution in [0.25, 0.3) is 0 Å². The van der Waals surface area contributed by atoms with Crippen molar-refractivity contribution >= 4 is 12.1 Å². The third-order valence-electron chi connectivity index (χ3n) is 2.74. The van der Waals surface area contributed by atoms with E-state index in [4.69, 9.17) is 0 Å². The summed E-state index contributed by atoms with van der Waals surface area (Å²) in [4.78, 5) is 10.8. The van der Waals surface area contributed by atoms with Crippen molar-refractivity contribution in [1.29, 1.82) is 0 Å². The zero-order chi connectivity index (χ0) is 22.1. The third-order valence-corrected chi connectivity index (χ3v) is 2.74. The Kier molecular flexibility index (Phi) is 6.64. The van der Waals surface area contributed by atoms with Crippen molar-refractivity contribution in [2.75, 3.05) is 0 Å². The Morgan fingerprint density at radius 3 is 1.52 bits per heavy atom. The molecule has 0 saturated heterocycles.